The average molecular weight is 366 g/mol. The van der Waals surface area contributed by atoms with Crippen molar-refractivity contribution in [1.29, 1.82) is 0 Å². The van der Waals surface area contributed by atoms with Gasteiger partial charge >= 0.3 is 0 Å². The van der Waals surface area contributed by atoms with Crippen molar-refractivity contribution in [3.63, 3.8) is 0 Å². The first kappa shape index (κ1) is 17.4. The van der Waals surface area contributed by atoms with E-state index in [1.54, 1.807) is 23.1 Å². The third-order valence-electron chi connectivity index (χ3n) is 5.09. The van der Waals surface area contributed by atoms with Gasteiger partial charge in [0.25, 0.3) is 5.91 Å². The molecule has 0 aliphatic carbocycles. The quantitative estimate of drug-likeness (QED) is 0.747. The number of benzene rings is 2. The zero-order valence-corrected chi connectivity index (χ0v) is 14.6. The Labute approximate surface area is 155 Å². The summed E-state index contributed by atoms with van der Waals surface area (Å²) < 4.78 is 13.1. The van der Waals surface area contributed by atoms with Crippen LogP contribution in [0, 0.1) is 5.82 Å². The molecule has 0 atom stereocenters. The molecule has 3 aromatic rings. The van der Waals surface area contributed by atoms with Crippen molar-refractivity contribution >= 4 is 5.91 Å². The molecule has 1 saturated heterocycles. The molecule has 1 amide bonds. The van der Waals surface area contributed by atoms with Gasteiger partial charge in [-0.1, -0.05) is 30.3 Å². The molecule has 1 aliphatic rings. The summed E-state index contributed by atoms with van der Waals surface area (Å²) in [4.78, 5) is 18.9. The van der Waals surface area contributed by atoms with E-state index < -0.39 is 5.60 Å². The largest absolute Gasteiger partial charge is 0.385 e. The van der Waals surface area contributed by atoms with Crippen LogP contribution in [0.15, 0.2) is 54.9 Å². The van der Waals surface area contributed by atoms with Crippen LogP contribution in [0.2, 0.25) is 0 Å². The van der Waals surface area contributed by atoms with E-state index in [0.717, 1.165) is 0 Å². The number of hydrogen-bond acceptors (Lipinski definition) is 4. The monoisotopic (exact) mass is 366 g/mol. The van der Waals surface area contributed by atoms with Crippen molar-refractivity contribution in [3.05, 3.63) is 71.8 Å². The highest BCUT2D eigenvalue weighted by molar-refractivity contribution is 6.00. The number of carbonyl (C=O) groups excluding carboxylic acids is 1. The predicted molar refractivity (Wildman–Crippen MR) is 97.3 cm³/mol. The van der Waals surface area contributed by atoms with Crippen LogP contribution in [0.1, 0.15) is 28.8 Å². The van der Waals surface area contributed by atoms with Gasteiger partial charge in [0.15, 0.2) is 5.82 Å². The van der Waals surface area contributed by atoms with Gasteiger partial charge in [-0.05, 0) is 36.6 Å². The SMILES string of the molecule is O=C(c1ccccc1-c1ncn[nH]1)N1CCC(O)(c2ccc(F)cc2)CC1. The highest BCUT2D eigenvalue weighted by atomic mass is 19.1. The van der Waals surface area contributed by atoms with Gasteiger partial charge in [-0.15, -0.1) is 0 Å². The highest BCUT2D eigenvalue weighted by Gasteiger charge is 2.36. The number of aromatic amines is 1. The minimum absolute atomic E-state index is 0.108. The Kier molecular flexibility index (Phi) is 4.45. The van der Waals surface area contributed by atoms with Gasteiger partial charge in [-0.25, -0.2) is 9.37 Å². The molecule has 0 spiro atoms. The van der Waals surface area contributed by atoms with Crippen molar-refractivity contribution < 1.29 is 14.3 Å². The molecule has 1 aromatic heterocycles. The molecule has 1 aliphatic heterocycles. The second-order valence-corrected chi connectivity index (χ2v) is 6.71. The lowest BCUT2D eigenvalue weighted by Crippen LogP contribution is -2.45. The Morgan fingerprint density at radius 1 is 1.11 bits per heavy atom. The number of carbonyl (C=O) groups is 1. The van der Waals surface area contributed by atoms with Gasteiger partial charge in [-0.2, -0.15) is 5.10 Å². The summed E-state index contributed by atoms with van der Waals surface area (Å²) in [7, 11) is 0. The van der Waals surface area contributed by atoms with Gasteiger partial charge in [0.05, 0.1) is 11.2 Å². The first-order valence-corrected chi connectivity index (χ1v) is 8.79. The van der Waals surface area contributed by atoms with Crippen LogP contribution in [0.3, 0.4) is 0 Å². The first-order chi connectivity index (χ1) is 13.1. The van der Waals surface area contributed by atoms with Crippen molar-refractivity contribution in [2.45, 2.75) is 18.4 Å². The summed E-state index contributed by atoms with van der Waals surface area (Å²) in [6.07, 6.45) is 2.20. The number of aliphatic hydroxyl groups is 1. The number of likely N-dealkylation sites (tertiary alicyclic amines) is 1. The maximum atomic E-state index is 13.1. The van der Waals surface area contributed by atoms with Crippen molar-refractivity contribution in [3.8, 4) is 11.4 Å². The van der Waals surface area contributed by atoms with E-state index in [0.29, 0.717) is 48.4 Å². The Morgan fingerprint density at radius 3 is 2.48 bits per heavy atom. The number of nitrogens with zero attached hydrogens (tertiary/aromatic N) is 3. The van der Waals surface area contributed by atoms with Gasteiger partial charge in [0.1, 0.15) is 12.1 Å². The third kappa shape index (κ3) is 3.33. The molecule has 0 saturated carbocycles. The molecule has 138 valence electrons. The second-order valence-electron chi connectivity index (χ2n) is 6.71. The molecular weight excluding hydrogens is 347 g/mol. The zero-order chi connectivity index (χ0) is 18.9. The number of rotatable bonds is 3. The number of halogens is 1. The molecule has 2 heterocycles. The van der Waals surface area contributed by atoms with Gasteiger partial charge < -0.3 is 10.0 Å². The van der Waals surface area contributed by atoms with Crippen LogP contribution >= 0.6 is 0 Å². The average Bonchev–Trinajstić information content (AvgIpc) is 3.23. The van der Waals surface area contributed by atoms with Gasteiger partial charge in [-0.3, -0.25) is 9.89 Å². The van der Waals surface area contributed by atoms with E-state index >= 15 is 0 Å². The first-order valence-electron chi connectivity index (χ1n) is 8.79. The molecule has 27 heavy (non-hydrogen) atoms. The number of H-pyrrole nitrogens is 1. The normalized spacial score (nSPS) is 16.3. The Morgan fingerprint density at radius 2 is 1.81 bits per heavy atom. The Hall–Kier alpha value is -3.06. The summed E-state index contributed by atoms with van der Waals surface area (Å²) in [6, 6.07) is 13.1. The molecule has 0 radical (unpaired) electrons. The van der Waals surface area contributed by atoms with Crippen LogP contribution in [0.5, 0.6) is 0 Å². The molecule has 6 nitrogen and oxygen atoms in total. The highest BCUT2D eigenvalue weighted by Crippen LogP contribution is 2.34. The summed E-state index contributed by atoms with van der Waals surface area (Å²) in [6.45, 7) is 0.828. The minimum atomic E-state index is -1.05. The maximum absolute atomic E-state index is 13.1. The third-order valence-corrected chi connectivity index (χ3v) is 5.09. The van der Waals surface area contributed by atoms with Crippen LogP contribution in [-0.4, -0.2) is 44.2 Å². The smallest absolute Gasteiger partial charge is 0.254 e. The Bertz CT molecular complexity index is 933. The summed E-state index contributed by atoms with van der Waals surface area (Å²) >= 11 is 0. The van der Waals surface area contributed by atoms with Gasteiger partial charge in [0.2, 0.25) is 0 Å². The molecule has 0 unspecified atom stereocenters. The predicted octanol–water partition coefficient (Wildman–Crippen LogP) is 2.73. The molecule has 2 N–H and O–H groups in total. The van der Waals surface area contributed by atoms with Crippen LogP contribution < -0.4 is 0 Å². The van der Waals surface area contributed by atoms with E-state index in [1.165, 1.54) is 18.5 Å². The van der Waals surface area contributed by atoms with Crippen molar-refractivity contribution in [1.82, 2.24) is 20.1 Å². The van der Waals surface area contributed by atoms with E-state index in [2.05, 4.69) is 15.2 Å². The number of hydrogen-bond donors (Lipinski definition) is 2. The van der Waals surface area contributed by atoms with E-state index in [1.807, 2.05) is 18.2 Å². The standard InChI is InChI=1S/C20H19FN4O2/c21-15-7-5-14(6-8-15)20(27)9-11-25(12-10-20)19(26)17-4-2-1-3-16(17)18-22-13-23-24-18/h1-8,13,27H,9-12H2,(H,22,23,24). The summed E-state index contributed by atoms with van der Waals surface area (Å²) in [5, 5.41) is 17.6. The molecule has 4 rings (SSSR count). The minimum Gasteiger partial charge on any atom is -0.385 e. The molecule has 2 aromatic carbocycles. The number of piperidine rings is 1. The Balaban J connectivity index is 1.52. The molecule has 7 heteroatoms. The number of nitrogens with one attached hydrogen (secondary N) is 1. The van der Waals surface area contributed by atoms with Gasteiger partial charge in [0, 0.05) is 18.7 Å². The summed E-state index contributed by atoms with van der Waals surface area (Å²) in [5.41, 5.74) is 0.869. The van der Waals surface area contributed by atoms with Crippen LogP contribution in [0.4, 0.5) is 4.39 Å². The fraction of sp³-hybridized carbons (Fsp3) is 0.250. The van der Waals surface area contributed by atoms with E-state index in [9.17, 15) is 14.3 Å². The maximum Gasteiger partial charge on any atom is 0.254 e. The zero-order valence-electron chi connectivity index (χ0n) is 14.6. The second kappa shape index (κ2) is 6.92. The van der Waals surface area contributed by atoms with Crippen LogP contribution in [-0.2, 0) is 5.60 Å². The fourth-order valence-electron chi connectivity index (χ4n) is 3.51. The molecule has 0 bridgehead atoms. The van der Waals surface area contributed by atoms with Crippen LogP contribution in [0.25, 0.3) is 11.4 Å². The molecule has 1 fully saturated rings. The lowest BCUT2D eigenvalue weighted by molar-refractivity contribution is -0.0211. The molecular formula is C20H19FN4O2. The lowest BCUT2D eigenvalue weighted by atomic mass is 9.84. The van der Waals surface area contributed by atoms with E-state index in [4.69, 9.17) is 0 Å². The topological polar surface area (TPSA) is 82.1 Å². The van der Waals surface area contributed by atoms with Crippen molar-refractivity contribution in [2.75, 3.05) is 13.1 Å². The number of amides is 1. The summed E-state index contributed by atoms with van der Waals surface area (Å²) in [5.74, 6) is 0.0981. The fourth-order valence-corrected chi connectivity index (χ4v) is 3.51. The lowest BCUT2D eigenvalue weighted by Gasteiger charge is -2.38. The van der Waals surface area contributed by atoms with Crippen molar-refractivity contribution in [2.24, 2.45) is 0 Å². The number of aromatic nitrogens is 3. The van der Waals surface area contributed by atoms with E-state index in [-0.39, 0.29) is 11.7 Å².